The fourth-order valence-corrected chi connectivity index (χ4v) is 4.12. The monoisotopic (exact) mass is 486 g/mol. The number of H-pyrrole nitrogens is 1. The molecule has 12 heteroatoms. The van der Waals surface area contributed by atoms with Crippen LogP contribution < -0.4 is 10.6 Å². The van der Waals surface area contributed by atoms with Gasteiger partial charge in [-0.1, -0.05) is 12.1 Å². The molecule has 1 atom stereocenters. The zero-order valence-electron chi connectivity index (χ0n) is 20.2. The molecule has 1 aliphatic rings. The fraction of sp³-hybridized carbons (Fsp3) is 0.333. The summed E-state index contributed by atoms with van der Waals surface area (Å²) in [6.07, 6.45) is 6.41. The first kappa shape index (κ1) is 23.3. The van der Waals surface area contributed by atoms with E-state index >= 15 is 0 Å². The first-order valence-electron chi connectivity index (χ1n) is 11.6. The molecule has 3 heterocycles. The lowest BCUT2D eigenvalue weighted by atomic mass is 10.0. The number of rotatable bonds is 6. The van der Waals surface area contributed by atoms with E-state index in [1.165, 1.54) is 12.4 Å². The Morgan fingerprint density at radius 1 is 1.14 bits per heavy atom. The van der Waals surface area contributed by atoms with Gasteiger partial charge in [0, 0.05) is 29.9 Å². The number of aryl methyl sites for hydroxylation is 1. The molecule has 0 saturated heterocycles. The maximum atomic E-state index is 12.9. The van der Waals surface area contributed by atoms with Crippen molar-refractivity contribution in [3.8, 4) is 11.4 Å². The maximum absolute atomic E-state index is 12.9. The van der Waals surface area contributed by atoms with Crippen LogP contribution in [0, 0.1) is 0 Å². The molecule has 184 valence electrons. The van der Waals surface area contributed by atoms with Crippen LogP contribution in [0.2, 0.25) is 0 Å². The largest absolute Gasteiger partial charge is 0.347 e. The van der Waals surface area contributed by atoms with Crippen LogP contribution in [0.1, 0.15) is 70.9 Å². The highest BCUT2D eigenvalue weighted by molar-refractivity contribution is 5.97. The third kappa shape index (κ3) is 4.83. The lowest BCUT2D eigenvalue weighted by Gasteiger charge is -2.18. The molecule has 3 N–H and O–H groups in total. The molecule has 0 spiro atoms. The van der Waals surface area contributed by atoms with E-state index in [0.717, 1.165) is 35.1 Å². The van der Waals surface area contributed by atoms with Crippen molar-refractivity contribution in [1.29, 1.82) is 0 Å². The molecule has 0 unspecified atom stereocenters. The van der Waals surface area contributed by atoms with E-state index in [-0.39, 0.29) is 28.9 Å². The number of nitrogens with one attached hydrogen (secondary N) is 3. The van der Waals surface area contributed by atoms with Crippen molar-refractivity contribution >= 4 is 11.8 Å². The lowest BCUT2D eigenvalue weighted by molar-refractivity contribution is 0.0931. The average Bonchev–Trinajstić information content (AvgIpc) is 3.63. The number of aromatic nitrogens is 8. The first-order valence-corrected chi connectivity index (χ1v) is 11.6. The summed E-state index contributed by atoms with van der Waals surface area (Å²) >= 11 is 0. The molecule has 5 rings (SSSR count). The molecule has 0 aliphatic heterocycles. The number of aromatic amines is 1. The zero-order valence-corrected chi connectivity index (χ0v) is 20.2. The van der Waals surface area contributed by atoms with Crippen LogP contribution in [-0.2, 0) is 18.5 Å². The standard InChI is InChI=1S/C24H26N10O2/c1-24(2,3)34-12-14(11-28-34)10-25-22(35)19-9-20(27-13-26-19)23(36)29-18-7-5-15-8-16(4-6-17(15)18)21-30-32-33-31-21/h4,6,8-9,11-13,18H,5,7,10H2,1-3H3,(H,25,35)(H,29,36)(H,30,31,32,33)/t18-/m0/s1. The molecule has 1 aromatic carbocycles. The van der Waals surface area contributed by atoms with E-state index in [2.05, 4.69) is 46.3 Å². The SMILES string of the molecule is CC(C)(C)n1cc(CNC(=O)c2cc(C(=O)N[C@H]3CCc4cc(-c5nn[nH]n5)ccc43)ncn2)cn1. The van der Waals surface area contributed by atoms with Crippen molar-refractivity contribution < 1.29 is 9.59 Å². The Balaban J connectivity index is 1.22. The quantitative estimate of drug-likeness (QED) is 0.373. The molecule has 0 bridgehead atoms. The number of hydrogen-bond acceptors (Lipinski definition) is 8. The van der Waals surface area contributed by atoms with Gasteiger partial charge in [-0.2, -0.15) is 10.3 Å². The summed E-state index contributed by atoms with van der Waals surface area (Å²) in [6.45, 7) is 6.44. The third-order valence-electron chi connectivity index (χ3n) is 6.04. The van der Waals surface area contributed by atoms with Gasteiger partial charge in [0.2, 0.25) is 5.82 Å². The van der Waals surface area contributed by atoms with Gasteiger partial charge in [-0.15, -0.1) is 10.2 Å². The van der Waals surface area contributed by atoms with Gasteiger partial charge in [0.25, 0.3) is 11.8 Å². The second-order valence-corrected chi connectivity index (χ2v) is 9.65. The Bertz CT molecular complexity index is 1400. The molecule has 36 heavy (non-hydrogen) atoms. The first-order chi connectivity index (χ1) is 17.3. The predicted octanol–water partition coefficient (Wildman–Crippen LogP) is 1.96. The fourth-order valence-electron chi connectivity index (χ4n) is 4.12. The van der Waals surface area contributed by atoms with Gasteiger partial charge in [-0.05, 0) is 56.0 Å². The zero-order chi connectivity index (χ0) is 25.3. The molecule has 0 saturated carbocycles. The van der Waals surface area contributed by atoms with Crippen LogP contribution in [0.3, 0.4) is 0 Å². The number of carbonyl (C=O) groups is 2. The summed E-state index contributed by atoms with van der Waals surface area (Å²) in [5.41, 5.74) is 4.01. The van der Waals surface area contributed by atoms with E-state index < -0.39 is 5.91 Å². The lowest BCUT2D eigenvalue weighted by Crippen LogP contribution is -2.29. The highest BCUT2D eigenvalue weighted by Gasteiger charge is 2.26. The molecular weight excluding hydrogens is 460 g/mol. The van der Waals surface area contributed by atoms with Gasteiger partial charge in [-0.3, -0.25) is 14.3 Å². The third-order valence-corrected chi connectivity index (χ3v) is 6.04. The summed E-state index contributed by atoms with van der Waals surface area (Å²) in [5.74, 6) is -0.228. The Kier molecular flexibility index (Phi) is 6.00. The highest BCUT2D eigenvalue weighted by atomic mass is 16.2. The molecule has 0 fully saturated rings. The molecule has 3 aromatic heterocycles. The van der Waals surface area contributed by atoms with Crippen LogP contribution in [0.5, 0.6) is 0 Å². The van der Waals surface area contributed by atoms with E-state index in [0.29, 0.717) is 12.4 Å². The minimum absolute atomic E-state index is 0.120. The number of amides is 2. The number of hydrogen-bond donors (Lipinski definition) is 3. The normalized spacial score (nSPS) is 14.9. The van der Waals surface area contributed by atoms with Crippen molar-refractivity contribution in [2.75, 3.05) is 0 Å². The second kappa shape index (κ2) is 9.29. The number of tetrazole rings is 1. The molecule has 12 nitrogen and oxygen atoms in total. The summed E-state index contributed by atoms with van der Waals surface area (Å²) in [4.78, 5) is 33.7. The van der Waals surface area contributed by atoms with Gasteiger partial charge in [0.1, 0.15) is 17.7 Å². The second-order valence-electron chi connectivity index (χ2n) is 9.65. The minimum Gasteiger partial charge on any atom is -0.347 e. The van der Waals surface area contributed by atoms with Crippen molar-refractivity contribution in [3.05, 3.63) is 71.1 Å². The van der Waals surface area contributed by atoms with E-state index in [4.69, 9.17) is 0 Å². The predicted molar refractivity (Wildman–Crippen MR) is 129 cm³/mol. The Morgan fingerprint density at radius 2 is 1.94 bits per heavy atom. The van der Waals surface area contributed by atoms with E-state index in [1.807, 2.05) is 49.8 Å². The average molecular weight is 487 g/mol. The van der Waals surface area contributed by atoms with Gasteiger partial charge in [0.15, 0.2) is 0 Å². The van der Waals surface area contributed by atoms with Gasteiger partial charge < -0.3 is 10.6 Å². The van der Waals surface area contributed by atoms with E-state index in [1.54, 1.807) is 6.20 Å². The highest BCUT2D eigenvalue weighted by Crippen LogP contribution is 2.33. The van der Waals surface area contributed by atoms with Crippen molar-refractivity contribution in [2.24, 2.45) is 0 Å². The summed E-state index contributed by atoms with van der Waals surface area (Å²) in [6, 6.07) is 7.15. The minimum atomic E-state index is -0.393. The molecule has 2 amide bonds. The summed E-state index contributed by atoms with van der Waals surface area (Å²) in [5, 5.41) is 24.3. The molecule has 4 aromatic rings. The Labute approximate surface area is 206 Å². The Hall–Kier alpha value is -4.48. The van der Waals surface area contributed by atoms with Gasteiger partial charge >= 0.3 is 0 Å². The van der Waals surface area contributed by atoms with Crippen LogP contribution in [0.4, 0.5) is 0 Å². The molecule has 1 aliphatic carbocycles. The van der Waals surface area contributed by atoms with Crippen LogP contribution in [-0.4, -0.2) is 52.2 Å². The molecular formula is C24H26N10O2. The number of carbonyl (C=O) groups excluding carboxylic acids is 2. The summed E-state index contributed by atoms with van der Waals surface area (Å²) in [7, 11) is 0. The number of fused-ring (bicyclic) bond motifs is 1. The van der Waals surface area contributed by atoms with Crippen molar-refractivity contribution in [1.82, 2.24) is 51.0 Å². The van der Waals surface area contributed by atoms with Gasteiger partial charge in [-0.25, -0.2) is 9.97 Å². The summed E-state index contributed by atoms with van der Waals surface area (Å²) < 4.78 is 1.84. The smallest absolute Gasteiger partial charge is 0.270 e. The van der Waals surface area contributed by atoms with Crippen LogP contribution in [0.15, 0.2) is 43.0 Å². The topological polar surface area (TPSA) is 156 Å². The van der Waals surface area contributed by atoms with Crippen LogP contribution in [0.25, 0.3) is 11.4 Å². The van der Waals surface area contributed by atoms with E-state index in [9.17, 15) is 9.59 Å². The number of nitrogens with zero attached hydrogens (tertiary/aromatic N) is 7. The Morgan fingerprint density at radius 3 is 2.67 bits per heavy atom. The molecule has 0 radical (unpaired) electrons. The van der Waals surface area contributed by atoms with Crippen LogP contribution >= 0.6 is 0 Å². The van der Waals surface area contributed by atoms with Gasteiger partial charge in [0.05, 0.1) is 17.8 Å². The van der Waals surface area contributed by atoms with Crippen molar-refractivity contribution in [3.63, 3.8) is 0 Å². The number of benzene rings is 1. The maximum Gasteiger partial charge on any atom is 0.270 e. The van der Waals surface area contributed by atoms with Crippen molar-refractivity contribution in [2.45, 2.75) is 51.7 Å².